The zero-order valence-electron chi connectivity index (χ0n) is 5.07. The predicted molar refractivity (Wildman–Crippen MR) is 34.7 cm³/mol. The molecule has 0 bridgehead atoms. The Bertz CT molecular complexity index is 153. The van der Waals surface area contributed by atoms with Crippen LogP contribution in [0.2, 0.25) is 0 Å². The molecule has 4 nitrogen and oxygen atoms in total. The van der Waals surface area contributed by atoms with Gasteiger partial charge in [-0.3, -0.25) is 5.21 Å². The van der Waals surface area contributed by atoms with E-state index in [1.807, 2.05) is 0 Å². The van der Waals surface area contributed by atoms with Crippen LogP contribution in [0.4, 0.5) is 0 Å². The summed E-state index contributed by atoms with van der Waals surface area (Å²) in [5.41, 5.74) is 0. The van der Waals surface area contributed by atoms with Gasteiger partial charge in [0.2, 0.25) is 0 Å². The van der Waals surface area contributed by atoms with Crippen LogP contribution in [-0.2, 0) is 21.3 Å². The molecule has 0 aromatic rings. The second-order valence-corrected chi connectivity index (χ2v) is 2.88. The van der Waals surface area contributed by atoms with Crippen molar-refractivity contribution in [2.24, 2.45) is 0 Å². The summed E-state index contributed by atoms with van der Waals surface area (Å²) in [5, 5.41) is 8.57. The largest absolute Gasteiger partial charge is 0.429 e. The fraction of sp³-hybridized carbons (Fsp3) is 0.667. The van der Waals surface area contributed by atoms with Crippen LogP contribution in [0.3, 0.4) is 0 Å². The Morgan fingerprint density at radius 1 is 1.89 bits per heavy atom. The van der Waals surface area contributed by atoms with Crippen molar-refractivity contribution in [3.8, 4) is 0 Å². The first kappa shape index (κ1) is 8.72. The summed E-state index contributed by atoms with van der Waals surface area (Å²) < 4.78 is 15.3. The minimum absolute atomic E-state index is 0.131. The average Bonchev–Trinajstić information content (AvgIpc) is 1.63. The molecule has 0 saturated carbocycles. The molecule has 0 fully saturated rings. The van der Waals surface area contributed by atoms with E-state index in [1.165, 1.54) is 14.0 Å². The molecule has 9 heavy (non-hydrogen) atoms. The maximum atomic E-state index is 10.1. The third-order valence-electron chi connectivity index (χ3n) is 0.662. The van der Waals surface area contributed by atoms with Crippen molar-refractivity contribution in [3.05, 3.63) is 0 Å². The Morgan fingerprint density at radius 3 is 2.44 bits per heavy atom. The molecular weight excluding hydrogens is 161 g/mol. The Balaban J connectivity index is 3.92. The highest BCUT2D eigenvalue weighted by molar-refractivity contribution is 8.26. The SMILES string of the molecule is CC(O[P+](=O)[S-])=[N+](C)O. The van der Waals surface area contributed by atoms with Gasteiger partial charge in [0.05, 0.1) is 6.92 Å². The second-order valence-electron chi connectivity index (χ2n) is 1.36. The lowest BCUT2D eigenvalue weighted by Crippen LogP contribution is -2.10. The van der Waals surface area contributed by atoms with Gasteiger partial charge >= 0.3 is 13.1 Å². The minimum Gasteiger partial charge on any atom is -0.397 e. The van der Waals surface area contributed by atoms with Gasteiger partial charge in [-0.2, -0.15) is 0 Å². The minimum atomic E-state index is -2.08. The quantitative estimate of drug-likeness (QED) is 0.119. The van der Waals surface area contributed by atoms with E-state index in [4.69, 9.17) is 5.21 Å². The summed E-state index contributed by atoms with van der Waals surface area (Å²) in [6, 6.07) is 0. The molecule has 0 radical (unpaired) electrons. The zero-order chi connectivity index (χ0) is 7.44. The number of hydrogen-bond donors (Lipinski definition) is 1. The smallest absolute Gasteiger partial charge is 0.397 e. The van der Waals surface area contributed by atoms with Crippen LogP contribution >= 0.6 is 7.23 Å². The van der Waals surface area contributed by atoms with E-state index >= 15 is 0 Å². The summed E-state index contributed by atoms with van der Waals surface area (Å²) >= 11 is 4.20. The molecule has 0 spiro atoms. The van der Waals surface area contributed by atoms with E-state index in [2.05, 4.69) is 16.8 Å². The van der Waals surface area contributed by atoms with E-state index in [0.717, 1.165) is 0 Å². The lowest BCUT2D eigenvalue weighted by Gasteiger charge is -1.86. The molecule has 0 rings (SSSR count). The molecule has 0 aliphatic rings. The van der Waals surface area contributed by atoms with Gasteiger partial charge in [0.15, 0.2) is 7.05 Å². The van der Waals surface area contributed by atoms with Crippen molar-refractivity contribution in [2.45, 2.75) is 6.92 Å². The van der Waals surface area contributed by atoms with Crippen molar-refractivity contribution >= 4 is 25.4 Å². The number of hydrogen-bond acceptors (Lipinski definition) is 4. The van der Waals surface area contributed by atoms with Crippen molar-refractivity contribution < 1.29 is 19.0 Å². The molecule has 0 heterocycles. The number of rotatable bonds is 1. The lowest BCUT2D eigenvalue weighted by molar-refractivity contribution is -0.758. The molecule has 0 aromatic heterocycles. The van der Waals surface area contributed by atoms with Crippen molar-refractivity contribution in [3.63, 3.8) is 0 Å². The monoisotopic (exact) mass is 168 g/mol. The Morgan fingerprint density at radius 2 is 2.33 bits per heavy atom. The maximum absolute atomic E-state index is 10.1. The summed E-state index contributed by atoms with van der Waals surface area (Å²) in [4.78, 5) is 0. The Kier molecular flexibility index (Phi) is 3.58. The molecule has 0 aliphatic heterocycles. The van der Waals surface area contributed by atoms with Gasteiger partial charge in [0.25, 0.3) is 0 Å². The fourth-order valence-electron chi connectivity index (χ4n) is 0.167. The van der Waals surface area contributed by atoms with Gasteiger partial charge < -0.3 is 12.2 Å². The van der Waals surface area contributed by atoms with Gasteiger partial charge in [-0.15, -0.1) is 0 Å². The summed E-state index contributed by atoms with van der Waals surface area (Å²) in [6.45, 7) is 1.46. The topological polar surface area (TPSA) is 49.5 Å². The van der Waals surface area contributed by atoms with Crippen LogP contribution in [0.25, 0.3) is 0 Å². The van der Waals surface area contributed by atoms with Gasteiger partial charge in [0, 0.05) is 4.74 Å². The van der Waals surface area contributed by atoms with Crippen LogP contribution in [0, 0.1) is 0 Å². The highest BCUT2D eigenvalue weighted by Gasteiger charge is 2.11. The Labute approximate surface area is 59.1 Å². The van der Waals surface area contributed by atoms with Crippen molar-refractivity contribution in [2.75, 3.05) is 7.05 Å². The van der Waals surface area contributed by atoms with E-state index in [-0.39, 0.29) is 5.90 Å². The standard InChI is InChI=1S/C3H7NO3PS/c1-3(4(2)5)7-8(6)9/h5H,1-2H3/q+1. The third kappa shape index (κ3) is 4.24. The first-order chi connectivity index (χ1) is 4.04. The second kappa shape index (κ2) is 3.69. The third-order valence-corrected chi connectivity index (χ3v) is 1.30. The molecule has 6 heteroatoms. The highest BCUT2D eigenvalue weighted by atomic mass is 32.7. The van der Waals surface area contributed by atoms with Crippen LogP contribution in [0.15, 0.2) is 0 Å². The van der Waals surface area contributed by atoms with E-state index in [9.17, 15) is 4.57 Å². The Hall–Kier alpha value is -0.280. The van der Waals surface area contributed by atoms with E-state index in [1.54, 1.807) is 0 Å². The van der Waals surface area contributed by atoms with Crippen LogP contribution in [-0.4, -0.2) is 22.9 Å². The number of hydroxylamine groups is 1. The van der Waals surface area contributed by atoms with Crippen LogP contribution < -0.4 is 0 Å². The molecule has 52 valence electrons. The first-order valence-electron chi connectivity index (χ1n) is 2.12. The summed E-state index contributed by atoms with van der Waals surface area (Å²) in [7, 11) is -0.727. The van der Waals surface area contributed by atoms with E-state index < -0.39 is 7.23 Å². The first-order valence-corrected chi connectivity index (χ1v) is 4.31. The zero-order valence-corrected chi connectivity index (χ0v) is 6.78. The van der Waals surface area contributed by atoms with Gasteiger partial charge in [-0.25, -0.2) is 4.52 Å². The number of nitrogens with zero attached hydrogens (tertiary/aromatic N) is 1. The average molecular weight is 168 g/mol. The maximum Gasteiger partial charge on any atom is 0.429 e. The van der Waals surface area contributed by atoms with Gasteiger partial charge in [0.1, 0.15) is 0 Å². The summed E-state index contributed by atoms with van der Waals surface area (Å²) in [5.74, 6) is 0.131. The molecule has 0 amide bonds. The normalized spacial score (nSPS) is 14.3. The van der Waals surface area contributed by atoms with Crippen molar-refractivity contribution in [1.29, 1.82) is 0 Å². The highest BCUT2D eigenvalue weighted by Crippen LogP contribution is 2.16. The molecule has 1 unspecified atom stereocenters. The van der Waals surface area contributed by atoms with Crippen molar-refractivity contribution in [1.82, 2.24) is 0 Å². The summed E-state index contributed by atoms with van der Waals surface area (Å²) in [6.07, 6.45) is 0. The van der Waals surface area contributed by atoms with Crippen LogP contribution in [0.5, 0.6) is 0 Å². The van der Waals surface area contributed by atoms with Gasteiger partial charge in [-0.1, -0.05) is 4.57 Å². The molecule has 1 atom stereocenters. The van der Waals surface area contributed by atoms with E-state index in [0.29, 0.717) is 4.74 Å². The molecule has 0 saturated heterocycles. The molecule has 0 aromatic carbocycles. The molecule has 0 aliphatic carbocycles. The molecule has 1 N–H and O–H groups in total. The predicted octanol–water partition coefficient (Wildman–Crippen LogP) is 0.657. The lowest BCUT2D eigenvalue weighted by atomic mass is 10.8. The van der Waals surface area contributed by atoms with Crippen LogP contribution in [0.1, 0.15) is 6.92 Å². The van der Waals surface area contributed by atoms with Gasteiger partial charge in [-0.05, 0) is 0 Å². The molecular formula is C3H7NO3PS+. The fourth-order valence-corrected chi connectivity index (χ4v) is 0.824.